The number of aromatic nitrogens is 2. The molecule has 0 bridgehead atoms. The number of rotatable bonds is 7. The maximum absolute atomic E-state index is 11.4. The zero-order valence-electron chi connectivity index (χ0n) is 15.6. The predicted octanol–water partition coefficient (Wildman–Crippen LogP) is 4.87. The fourth-order valence-electron chi connectivity index (χ4n) is 2.62. The molecule has 0 unspecified atom stereocenters. The fraction of sp³-hybridized carbons (Fsp3) is 0.190. The van der Waals surface area contributed by atoms with E-state index in [-0.39, 0.29) is 5.78 Å². The minimum Gasteiger partial charge on any atom is -0.492 e. The summed E-state index contributed by atoms with van der Waals surface area (Å²) in [6, 6.07) is 16.8. The Balaban J connectivity index is 1.81. The van der Waals surface area contributed by atoms with Gasteiger partial charge in [0.2, 0.25) is 0 Å². The van der Waals surface area contributed by atoms with Crippen LogP contribution in [0.25, 0.3) is 0 Å². The first-order valence-electron chi connectivity index (χ1n) is 8.77. The van der Waals surface area contributed by atoms with Crippen molar-refractivity contribution in [2.45, 2.75) is 20.8 Å². The summed E-state index contributed by atoms with van der Waals surface area (Å²) in [6.07, 6.45) is 0. The molecule has 0 radical (unpaired) electrons. The lowest BCUT2D eigenvalue weighted by Crippen LogP contribution is -2.03. The van der Waals surface area contributed by atoms with Crippen molar-refractivity contribution >= 4 is 28.8 Å². The number of hydrogen-bond acceptors (Lipinski definition) is 6. The smallest absolute Gasteiger partial charge is 0.159 e. The molecule has 2 N–H and O–H groups in total. The topological polar surface area (TPSA) is 76.1 Å². The number of benzene rings is 2. The Morgan fingerprint density at radius 3 is 2.33 bits per heavy atom. The first-order chi connectivity index (χ1) is 13.0. The lowest BCUT2D eigenvalue weighted by Gasteiger charge is -2.13. The van der Waals surface area contributed by atoms with Gasteiger partial charge in [0, 0.05) is 17.3 Å². The van der Waals surface area contributed by atoms with Gasteiger partial charge in [0.1, 0.15) is 23.2 Å². The van der Waals surface area contributed by atoms with Crippen LogP contribution in [0.3, 0.4) is 0 Å². The Hall–Kier alpha value is -3.41. The number of ether oxygens (including phenoxy) is 1. The highest BCUT2D eigenvalue weighted by Crippen LogP contribution is 2.28. The van der Waals surface area contributed by atoms with E-state index in [1.165, 1.54) is 0 Å². The number of aryl methyl sites for hydroxylation is 1. The maximum atomic E-state index is 11.4. The number of nitrogens with one attached hydrogen (secondary N) is 2. The highest BCUT2D eigenvalue weighted by Gasteiger charge is 2.07. The van der Waals surface area contributed by atoms with Crippen LogP contribution in [0.1, 0.15) is 30.0 Å². The summed E-state index contributed by atoms with van der Waals surface area (Å²) in [7, 11) is 0. The monoisotopic (exact) mass is 362 g/mol. The molecule has 3 aromatic rings. The highest BCUT2D eigenvalue weighted by atomic mass is 16.5. The van der Waals surface area contributed by atoms with E-state index in [4.69, 9.17) is 4.74 Å². The molecule has 27 heavy (non-hydrogen) atoms. The summed E-state index contributed by atoms with van der Waals surface area (Å²) in [5, 5.41) is 6.53. The van der Waals surface area contributed by atoms with E-state index < -0.39 is 0 Å². The van der Waals surface area contributed by atoms with Gasteiger partial charge in [0.25, 0.3) is 0 Å². The molecule has 1 aromatic heterocycles. The second-order valence-corrected chi connectivity index (χ2v) is 6.00. The second-order valence-electron chi connectivity index (χ2n) is 6.00. The summed E-state index contributed by atoms with van der Waals surface area (Å²) < 4.78 is 5.65. The van der Waals surface area contributed by atoms with Gasteiger partial charge >= 0.3 is 0 Å². The summed E-state index contributed by atoms with van der Waals surface area (Å²) >= 11 is 0. The fourth-order valence-corrected chi connectivity index (χ4v) is 2.62. The first kappa shape index (κ1) is 18.4. The molecule has 0 saturated carbocycles. The normalized spacial score (nSPS) is 10.3. The Labute approximate surface area is 158 Å². The van der Waals surface area contributed by atoms with Crippen LogP contribution in [0.5, 0.6) is 5.75 Å². The molecule has 0 fully saturated rings. The third-order valence-corrected chi connectivity index (χ3v) is 3.85. The van der Waals surface area contributed by atoms with E-state index in [1.807, 2.05) is 56.3 Å². The van der Waals surface area contributed by atoms with Crippen LogP contribution in [-0.4, -0.2) is 22.4 Å². The van der Waals surface area contributed by atoms with Gasteiger partial charge in [-0.1, -0.05) is 12.1 Å². The number of carbonyl (C=O) groups excluding carboxylic acids is 1. The van der Waals surface area contributed by atoms with Crippen LogP contribution >= 0.6 is 0 Å². The first-order valence-corrected chi connectivity index (χ1v) is 8.77. The van der Waals surface area contributed by atoms with Gasteiger partial charge in [-0.15, -0.1) is 0 Å². The van der Waals surface area contributed by atoms with Gasteiger partial charge < -0.3 is 15.4 Å². The summed E-state index contributed by atoms with van der Waals surface area (Å²) in [4.78, 5) is 20.3. The van der Waals surface area contributed by atoms with E-state index in [0.717, 1.165) is 17.1 Å². The molecule has 0 aliphatic rings. The quantitative estimate of drug-likeness (QED) is 0.584. The van der Waals surface area contributed by atoms with Crippen molar-refractivity contribution < 1.29 is 9.53 Å². The lowest BCUT2D eigenvalue weighted by atomic mass is 10.1. The molecule has 0 aliphatic carbocycles. The number of ketones is 1. The number of Topliss-reactive ketones (excluding diaryl/α,β-unsaturated/α-hetero) is 1. The molecule has 6 heteroatoms. The average molecular weight is 362 g/mol. The molecule has 0 atom stereocenters. The third kappa shape index (κ3) is 4.82. The van der Waals surface area contributed by atoms with E-state index in [1.54, 1.807) is 19.1 Å². The van der Waals surface area contributed by atoms with Crippen molar-refractivity contribution in [1.82, 2.24) is 9.97 Å². The standard InChI is InChI=1S/C21H22N4O2/c1-4-27-19-8-6-5-7-18(19)25-21-13-20(22-15(3)23-21)24-17-11-9-16(10-12-17)14(2)26/h5-13H,4H2,1-3H3,(H2,22,23,24,25). The predicted molar refractivity (Wildman–Crippen MR) is 107 cm³/mol. The van der Waals surface area contributed by atoms with Crippen molar-refractivity contribution in [2.75, 3.05) is 17.2 Å². The minimum absolute atomic E-state index is 0.0406. The molecule has 0 saturated heterocycles. The van der Waals surface area contributed by atoms with Gasteiger partial charge in [-0.2, -0.15) is 0 Å². The van der Waals surface area contributed by atoms with Crippen LogP contribution in [0.2, 0.25) is 0 Å². The molecule has 0 amide bonds. The molecule has 0 spiro atoms. The average Bonchev–Trinajstić information content (AvgIpc) is 2.63. The third-order valence-electron chi connectivity index (χ3n) is 3.85. The zero-order valence-corrected chi connectivity index (χ0v) is 15.6. The van der Waals surface area contributed by atoms with Crippen LogP contribution in [-0.2, 0) is 0 Å². The maximum Gasteiger partial charge on any atom is 0.159 e. The van der Waals surface area contributed by atoms with E-state index >= 15 is 0 Å². The van der Waals surface area contributed by atoms with Gasteiger partial charge in [0.15, 0.2) is 5.78 Å². The van der Waals surface area contributed by atoms with Crippen LogP contribution in [0, 0.1) is 6.92 Å². The van der Waals surface area contributed by atoms with Crippen molar-refractivity contribution in [3.8, 4) is 5.75 Å². The van der Waals surface area contributed by atoms with E-state index in [9.17, 15) is 4.79 Å². The Bertz CT molecular complexity index is 939. The van der Waals surface area contributed by atoms with Gasteiger partial charge in [0.05, 0.1) is 12.3 Å². The second kappa shape index (κ2) is 8.31. The van der Waals surface area contributed by atoms with Crippen molar-refractivity contribution in [2.24, 2.45) is 0 Å². The number of anilines is 4. The van der Waals surface area contributed by atoms with Crippen molar-refractivity contribution in [3.05, 3.63) is 66.0 Å². The number of nitrogens with zero attached hydrogens (tertiary/aromatic N) is 2. The molecule has 1 heterocycles. The van der Waals surface area contributed by atoms with Gasteiger partial charge in [-0.05, 0) is 57.2 Å². The molecular weight excluding hydrogens is 340 g/mol. The molecule has 6 nitrogen and oxygen atoms in total. The minimum atomic E-state index is 0.0406. The van der Waals surface area contributed by atoms with E-state index in [0.29, 0.717) is 29.6 Å². The van der Waals surface area contributed by atoms with Gasteiger partial charge in [-0.3, -0.25) is 4.79 Å². The number of carbonyl (C=O) groups is 1. The van der Waals surface area contributed by atoms with Crippen molar-refractivity contribution in [1.29, 1.82) is 0 Å². The summed E-state index contributed by atoms with van der Waals surface area (Å²) in [5.41, 5.74) is 2.36. The molecule has 3 rings (SSSR count). The summed E-state index contributed by atoms with van der Waals surface area (Å²) in [5.74, 6) is 2.77. The molecule has 0 aliphatic heterocycles. The van der Waals surface area contributed by atoms with Crippen LogP contribution < -0.4 is 15.4 Å². The Morgan fingerprint density at radius 1 is 1.00 bits per heavy atom. The largest absolute Gasteiger partial charge is 0.492 e. The molecule has 2 aromatic carbocycles. The van der Waals surface area contributed by atoms with E-state index in [2.05, 4.69) is 20.6 Å². The number of hydrogen-bond donors (Lipinski definition) is 2. The molecular formula is C21H22N4O2. The SMILES string of the molecule is CCOc1ccccc1Nc1cc(Nc2ccc(C(C)=O)cc2)nc(C)n1. The van der Waals surface area contributed by atoms with Crippen LogP contribution in [0.15, 0.2) is 54.6 Å². The highest BCUT2D eigenvalue weighted by molar-refractivity contribution is 5.94. The lowest BCUT2D eigenvalue weighted by molar-refractivity contribution is 0.101. The number of para-hydroxylation sites is 2. The molecule has 138 valence electrons. The Kier molecular flexibility index (Phi) is 5.66. The Morgan fingerprint density at radius 2 is 1.67 bits per heavy atom. The summed E-state index contributed by atoms with van der Waals surface area (Å²) in [6.45, 7) is 5.92. The van der Waals surface area contributed by atoms with Crippen molar-refractivity contribution in [3.63, 3.8) is 0 Å². The van der Waals surface area contributed by atoms with Crippen LogP contribution in [0.4, 0.5) is 23.0 Å². The zero-order chi connectivity index (χ0) is 19.2. The van der Waals surface area contributed by atoms with Gasteiger partial charge in [-0.25, -0.2) is 9.97 Å².